The molecule has 0 radical (unpaired) electrons. The van der Waals surface area contributed by atoms with Crippen molar-refractivity contribution in [3.05, 3.63) is 11.3 Å². The zero-order valence-corrected chi connectivity index (χ0v) is 8.26. The lowest BCUT2D eigenvalue weighted by molar-refractivity contribution is 0.150. The summed E-state index contributed by atoms with van der Waals surface area (Å²) in [5.41, 5.74) is 7.90. The van der Waals surface area contributed by atoms with Crippen LogP contribution in [-0.2, 0) is 17.6 Å². The summed E-state index contributed by atoms with van der Waals surface area (Å²) >= 11 is 0. The van der Waals surface area contributed by atoms with Crippen LogP contribution in [0, 0.1) is 0 Å². The van der Waals surface area contributed by atoms with Crippen LogP contribution in [-0.4, -0.2) is 23.4 Å². The van der Waals surface area contributed by atoms with Gasteiger partial charge < -0.3 is 10.5 Å². The van der Waals surface area contributed by atoms with Gasteiger partial charge in [0.25, 0.3) is 0 Å². The van der Waals surface area contributed by atoms with Crippen molar-refractivity contribution in [2.75, 3.05) is 18.9 Å². The summed E-state index contributed by atoms with van der Waals surface area (Å²) in [6.45, 7) is 5.55. The van der Waals surface area contributed by atoms with E-state index in [1.54, 1.807) is 0 Å². The molecule has 0 saturated heterocycles. The van der Waals surface area contributed by atoms with Gasteiger partial charge in [-0.3, -0.25) is 5.10 Å². The quantitative estimate of drug-likeness (QED) is 0.673. The zero-order valence-electron chi connectivity index (χ0n) is 8.26. The van der Waals surface area contributed by atoms with Crippen LogP contribution in [0.4, 0.5) is 5.82 Å². The van der Waals surface area contributed by atoms with E-state index >= 15 is 0 Å². The highest BCUT2D eigenvalue weighted by Crippen LogP contribution is 2.14. The van der Waals surface area contributed by atoms with Crippen LogP contribution in [0.3, 0.4) is 0 Å². The number of aromatic nitrogens is 2. The van der Waals surface area contributed by atoms with Crippen LogP contribution in [0.2, 0.25) is 0 Å². The van der Waals surface area contributed by atoms with E-state index in [1.807, 2.05) is 6.92 Å². The minimum Gasteiger partial charge on any atom is -0.382 e. The van der Waals surface area contributed by atoms with Gasteiger partial charge in [-0.25, -0.2) is 0 Å². The normalized spacial score (nSPS) is 10.6. The highest BCUT2D eigenvalue weighted by atomic mass is 16.5. The van der Waals surface area contributed by atoms with Crippen LogP contribution < -0.4 is 5.73 Å². The number of aromatic amines is 1. The Hall–Kier alpha value is -1.03. The number of H-pyrrole nitrogens is 1. The van der Waals surface area contributed by atoms with Crippen molar-refractivity contribution in [1.82, 2.24) is 10.2 Å². The molecule has 0 bridgehead atoms. The molecule has 0 fully saturated rings. The summed E-state index contributed by atoms with van der Waals surface area (Å²) in [5, 5.41) is 6.89. The minimum atomic E-state index is 0.619. The van der Waals surface area contributed by atoms with Gasteiger partial charge in [0.2, 0.25) is 0 Å². The minimum absolute atomic E-state index is 0.619. The van der Waals surface area contributed by atoms with Crippen molar-refractivity contribution < 1.29 is 4.74 Å². The highest BCUT2D eigenvalue weighted by molar-refractivity contribution is 5.41. The number of nitrogens with one attached hydrogen (secondary N) is 1. The van der Waals surface area contributed by atoms with Crippen LogP contribution >= 0.6 is 0 Å². The molecule has 0 aliphatic heterocycles. The number of anilines is 1. The summed E-state index contributed by atoms with van der Waals surface area (Å²) in [6, 6.07) is 0. The predicted molar refractivity (Wildman–Crippen MR) is 52.6 cm³/mol. The first kappa shape index (κ1) is 10.1. The monoisotopic (exact) mass is 183 g/mol. The average Bonchev–Trinajstić information content (AvgIpc) is 2.47. The van der Waals surface area contributed by atoms with Gasteiger partial charge in [-0.15, -0.1) is 0 Å². The fourth-order valence-corrected chi connectivity index (χ4v) is 1.34. The standard InChI is InChI=1S/C9H17N3O/c1-3-7-8(5-6-13-4-2)11-12-9(7)10/h3-6H2,1-2H3,(H3,10,11,12). The Kier molecular flexibility index (Phi) is 3.76. The molecule has 0 saturated carbocycles. The maximum atomic E-state index is 5.67. The molecule has 4 nitrogen and oxygen atoms in total. The van der Waals surface area contributed by atoms with Gasteiger partial charge in [0.1, 0.15) is 5.82 Å². The summed E-state index contributed by atoms with van der Waals surface area (Å²) in [6.07, 6.45) is 1.78. The second-order valence-corrected chi connectivity index (χ2v) is 2.87. The summed E-state index contributed by atoms with van der Waals surface area (Å²) in [4.78, 5) is 0. The van der Waals surface area contributed by atoms with Gasteiger partial charge in [-0.1, -0.05) is 6.92 Å². The summed E-state index contributed by atoms with van der Waals surface area (Å²) in [7, 11) is 0. The van der Waals surface area contributed by atoms with E-state index in [-0.39, 0.29) is 0 Å². The molecule has 0 unspecified atom stereocenters. The zero-order chi connectivity index (χ0) is 9.68. The highest BCUT2D eigenvalue weighted by Gasteiger charge is 2.07. The molecule has 1 heterocycles. The largest absolute Gasteiger partial charge is 0.382 e. The molecular formula is C9H17N3O. The Morgan fingerprint density at radius 1 is 1.46 bits per heavy atom. The first-order valence-corrected chi connectivity index (χ1v) is 4.68. The summed E-state index contributed by atoms with van der Waals surface area (Å²) in [5.74, 6) is 0.619. The maximum Gasteiger partial charge on any atom is 0.148 e. The van der Waals surface area contributed by atoms with Gasteiger partial charge in [0, 0.05) is 24.3 Å². The predicted octanol–water partition coefficient (Wildman–Crippen LogP) is 1.13. The SMILES string of the molecule is CCOCCc1[nH]nc(N)c1CC. The van der Waals surface area contributed by atoms with Crippen molar-refractivity contribution in [1.29, 1.82) is 0 Å². The van der Waals surface area contributed by atoms with Gasteiger partial charge in [-0.2, -0.15) is 5.10 Å². The second kappa shape index (κ2) is 4.87. The topological polar surface area (TPSA) is 63.9 Å². The van der Waals surface area contributed by atoms with E-state index in [4.69, 9.17) is 10.5 Å². The van der Waals surface area contributed by atoms with Crippen LogP contribution in [0.1, 0.15) is 25.1 Å². The van der Waals surface area contributed by atoms with Crippen LogP contribution in [0.15, 0.2) is 0 Å². The molecule has 1 rings (SSSR count). The van der Waals surface area contributed by atoms with Crippen molar-refractivity contribution >= 4 is 5.82 Å². The van der Waals surface area contributed by atoms with Crippen LogP contribution in [0.25, 0.3) is 0 Å². The fraction of sp³-hybridized carbons (Fsp3) is 0.667. The molecule has 0 spiro atoms. The molecule has 1 aromatic rings. The third-order valence-electron chi connectivity index (χ3n) is 2.04. The first-order valence-electron chi connectivity index (χ1n) is 4.68. The Bertz CT molecular complexity index is 257. The number of nitrogens with zero attached hydrogens (tertiary/aromatic N) is 1. The molecule has 0 aliphatic carbocycles. The van der Waals surface area contributed by atoms with Gasteiger partial charge in [-0.05, 0) is 13.3 Å². The second-order valence-electron chi connectivity index (χ2n) is 2.87. The molecular weight excluding hydrogens is 166 g/mol. The molecule has 0 aliphatic rings. The number of rotatable bonds is 5. The van der Waals surface area contributed by atoms with E-state index in [9.17, 15) is 0 Å². The Balaban J connectivity index is 2.55. The third-order valence-corrected chi connectivity index (χ3v) is 2.04. The van der Waals surface area contributed by atoms with E-state index in [2.05, 4.69) is 17.1 Å². The third kappa shape index (κ3) is 2.45. The van der Waals surface area contributed by atoms with E-state index in [0.717, 1.165) is 37.3 Å². The summed E-state index contributed by atoms with van der Waals surface area (Å²) < 4.78 is 5.26. The van der Waals surface area contributed by atoms with E-state index < -0.39 is 0 Å². The molecule has 0 amide bonds. The van der Waals surface area contributed by atoms with Crippen molar-refractivity contribution in [3.8, 4) is 0 Å². The fourth-order valence-electron chi connectivity index (χ4n) is 1.34. The number of nitrogens with two attached hydrogens (primary N) is 1. The van der Waals surface area contributed by atoms with E-state index in [0.29, 0.717) is 5.82 Å². The van der Waals surface area contributed by atoms with Crippen molar-refractivity contribution in [2.24, 2.45) is 0 Å². The first-order chi connectivity index (χ1) is 6.29. The Morgan fingerprint density at radius 3 is 2.85 bits per heavy atom. The average molecular weight is 183 g/mol. The lowest BCUT2D eigenvalue weighted by Gasteiger charge is -2.01. The number of nitrogen functional groups attached to an aromatic ring is 1. The lowest BCUT2D eigenvalue weighted by atomic mass is 10.1. The Morgan fingerprint density at radius 2 is 2.23 bits per heavy atom. The van der Waals surface area contributed by atoms with Crippen molar-refractivity contribution in [2.45, 2.75) is 26.7 Å². The smallest absolute Gasteiger partial charge is 0.148 e. The lowest BCUT2D eigenvalue weighted by Crippen LogP contribution is -2.01. The molecule has 74 valence electrons. The maximum absolute atomic E-state index is 5.67. The molecule has 13 heavy (non-hydrogen) atoms. The van der Waals surface area contributed by atoms with Crippen LogP contribution in [0.5, 0.6) is 0 Å². The van der Waals surface area contributed by atoms with Gasteiger partial charge in [0.15, 0.2) is 0 Å². The van der Waals surface area contributed by atoms with Gasteiger partial charge in [0.05, 0.1) is 6.61 Å². The molecule has 0 atom stereocenters. The van der Waals surface area contributed by atoms with Crippen molar-refractivity contribution in [3.63, 3.8) is 0 Å². The molecule has 0 aromatic carbocycles. The number of hydrogen-bond acceptors (Lipinski definition) is 3. The number of ether oxygens (including phenoxy) is 1. The molecule has 1 aromatic heterocycles. The van der Waals surface area contributed by atoms with E-state index in [1.165, 1.54) is 0 Å². The molecule has 3 N–H and O–H groups in total. The van der Waals surface area contributed by atoms with Gasteiger partial charge >= 0.3 is 0 Å². The molecule has 4 heteroatoms. The Labute approximate surface area is 78.5 Å². The number of hydrogen-bond donors (Lipinski definition) is 2.